The van der Waals surface area contributed by atoms with Crippen LogP contribution in [0, 0.1) is 5.82 Å². The lowest BCUT2D eigenvalue weighted by Crippen LogP contribution is -1.96. The van der Waals surface area contributed by atoms with Crippen molar-refractivity contribution in [1.82, 2.24) is 9.78 Å². The maximum Gasteiger partial charge on any atom is 0.125 e. The van der Waals surface area contributed by atoms with Crippen LogP contribution in [0.4, 0.5) is 15.8 Å². The summed E-state index contributed by atoms with van der Waals surface area (Å²) in [5.74, 6) is -0.256. The lowest BCUT2D eigenvalue weighted by atomic mass is 10.2. The second-order valence-corrected chi connectivity index (χ2v) is 4.14. The number of nitrogens with zero attached hydrogens (tertiary/aromatic N) is 2. The van der Waals surface area contributed by atoms with Crippen molar-refractivity contribution < 1.29 is 4.39 Å². The molecule has 0 radical (unpaired) electrons. The minimum absolute atomic E-state index is 0.256. The molecule has 0 aliphatic heterocycles. The summed E-state index contributed by atoms with van der Waals surface area (Å²) in [6.45, 7) is 0. The molecule has 19 heavy (non-hydrogen) atoms. The summed E-state index contributed by atoms with van der Waals surface area (Å²) in [5.41, 5.74) is 2.56. The van der Waals surface area contributed by atoms with Gasteiger partial charge < -0.3 is 5.32 Å². The van der Waals surface area contributed by atoms with E-state index in [4.69, 9.17) is 0 Å². The molecular weight excluding hydrogens is 241 g/mol. The first-order valence-electron chi connectivity index (χ1n) is 5.94. The van der Waals surface area contributed by atoms with Crippen LogP contribution in [0.25, 0.3) is 5.69 Å². The number of benzene rings is 2. The summed E-state index contributed by atoms with van der Waals surface area (Å²) in [6.07, 6.45) is 3.61. The Labute approximate surface area is 110 Å². The molecular formula is C15H12FN3. The lowest BCUT2D eigenvalue weighted by molar-refractivity contribution is 0.628. The van der Waals surface area contributed by atoms with Gasteiger partial charge in [0, 0.05) is 23.8 Å². The van der Waals surface area contributed by atoms with Crippen LogP contribution in [0.15, 0.2) is 67.0 Å². The molecule has 0 atom stereocenters. The van der Waals surface area contributed by atoms with Gasteiger partial charge in [-0.3, -0.25) is 0 Å². The molecule has 0 saturated heterocycles. The Hall–Kier alpha value is -2.62. The van der Waals surface area contributed by atoms with E-state index >= 15 is 0 Å². The molecule has 0 spiro atoms. The van der Waals surface area contributed by atoms with E-state index in [0.29, 0.717) is 0 Å². The monoisotopic (exact) mass is 253 g/mol. The topological polar surface area (TPSA) is 29.9 Å². The highest BCUT2D eigenvalue weighted by Gasteiger charge is 2.00. The predicted octanol–water partition coefficient (Wildman–Crippen LogP) is 3.76. The highest BCUT2D eigenvalue weighted by molar-refractivity contribution is 5.61. The van der Waals surface area contributed by atoms with Crippen LogP contribution < -0.4 is 5.32 Å². The normalized spacial score (nSPS) is 10.4. The smallest absolute Gasteiger partial charge is 0.125 e. The summed E-state index contributed by atoms with van der Waals surface area (Å²) >= 11 is 0. The molecule has 0 fully saturated rings. The third-order valence-electron chi connectivity index (χ3n) is 2.73. The molecule has 3 aromatic rings. The maximum atomic E-state index is 13.1. The molecule has 0 unspecified atom stereocenters. The van der Waals surface area contributed by atoms with Crippen LogP contribution in [-0.4, -0.2) is 9.78 Å². The van der Waals surface area contributed by atoms with Gasteiger partial charge in [0.1, 0.15) is 5.82 Å². The molecule has 1 aromatic heterocycles. The molecule has 0 aliphatic rings. The van der Waals surface area contributed by atoms with Gasteiger partial charge in [0.05, 0.1) is 5.69 Å². The van der Waals surface area contributed by atoms with Crippen molar-refractivity contribution in [2.45, 2.75) is 0 Å². The van der Waals surface area contributed by atoms with Gasteiger partial charge in [0.25, 0.3) is 0 Å². The molecule has 0 bridgehead atoms. The van der Waals surface area contributed by atoms with Crippen molar-refractivity contribution >= 4 is 11.4 Å². The van der Waals surface area contributed by atoms with Gasteiger partial charge in [-0.05, 0) is 42.5 Å². The van der Waals surface area contributed by atoms with E-state index < -0.39 is 0 Å². The zero-order chi connectivity index (χ0) is 13.1. The van der Waals surface area contributed by atoms with Crippen molar-refractivity contribution in [3.05, 3.63) is 72.8 Å². The largest absolute Gasteiger partial charge is 0.355 e. The van der Waals surface area contributed by atoms with E-state index in [2.05, 4.69) is 10.4 Å². The number of nitrogens with one attached hydrogen (secondary N) is 1. The highest BCUT2D eigenvalue weighted by Crippen LogP contribution is 2.19. The Kier molecular flexibility index (Phi) is 2.98. The Morgan fingerprint density at radius 2 is 1.74 bits per heavy atom. The fraction of sp³-hybridized carbons (Fsp3) is 0. The zero-order valence-electron chi connectivity index (χ0n) is 10.1. The van der Waals surface area contributed by atoms with Crippen molar-refractivity contribution in [3.8, 4) is 5.69 Å². The van der Waals surface area contributed by atoms with Crippen LogP contribution in [0.5, 0.6) is 0 Å². The summed E-state index contributed by atoms with van der Waals surface area (Å²) in [7, 11) is 0. The molecule has 0 amide bonds. The van der Waals surface area contributed by atoms with Crippen molar-refractivity contribution in [2.24, 2.45) is 0 Å². The number of hydrogen-bond acceptors (Lipinski definition) is 2. The third-order valence-corrected chi connectivity index (χ3v) is 2.73. The number of halogens is 1. The Balaban J connectivity index is 1.88. The van der Waals surface area contributed by atoms with E-state index in [1.807, 2.05) is 42.6 Å². The molecule has 1 N–H and O–H groups in total. The van der Waals surface area contributed by atoms with Crippen LogP contribution in [-0.2, 0) is 0 Å². The first-order valence-corrected chi connectivity index (χ1v) is 5.94. The van der Waals surface area contributed by atoms with E-state index in [1.165, 1.54) is 12.1 Å². The van der Waals surface area contributed by atoms with Gasteiger partial charge in [-0.25, -0.2) is 9.07 Å². The van der Waals surface area contributed by atoms with E-state index in [9.17, 15) is 4.39 Å². The Bertz CT molecular complexity index is 677. The van der Waals surface area contributed by atoms with Crippen molar-refractivity contribution in [2.75, 3.05) is 5.32 Å². The van der Waals surface area contributed by atoms with Crippen LogP contribution in [0.2, 0.25) is 0 Å². The molecule has 94 valence electrons. The van der Waals surface area contributed by atoms with E-state index in [1.54, 1.807) is 16.9 Å². The fourth-order valence-electron chi connectivity index (χ4n) is 1.88. The van der Waals surface area contributed by atoms with Gasteiger partial charge in [-0.2, -0.15) is 5.10 Å². The maximum absolute atomic E-state index is 13.1. The predicted molar refractivity (Wildman–Crippen MR) is 73.2 cm³/mol. The van der Waals surface area contributed by atoms with Crippen molar-refractivity contribution in [1.29, 1.82) is 0 Å². The number of rotatable bonds is 3. The summed E-state index contributed by atoms with van der Waals surface area (Å²) in [6, 6.07) is 16.0. The number of anilines is 2. The average molecular weight is 253 g/mol. The van der Waals surface area contributed by atoms with Crippen LogP contribution in [0.1, 0.15) is 0 Å². The Morgan fingerprint density at radius 3 is 2.47 bits per heavy atom. The first kappa shape index (κ1) is 11.5. The third kappa shape index (κ3) is 2.63. The van der Waals surface area contributed by atoms with Gasteiger partial charge in [-0.1, -0.05) is 12.1 Å². The quantitative estimate of drug-likeness (QED) is 0.770. The summed E-state index contributed by atoms with van der Waals surface area (Å²) < 4.78 is 14.9. The SMILES string of the molecule is Fc1cccc(Nc2cccc(-n3cccn3)c2)c1. The van der Waals surface area contributed by atoms with E-state index in [-0.39, 0.29) is 5.82 Å². The second-order valence-electron chi connectivity index (χ2n) is 4.14. The highest BCUT2D eigenvalue weighted by atomic mass is 19.1. The van der Waals surface area contributed by atoms with Gasteiger partial charge in [0.15, 0.2) is 0 Å². The Morgan fingerprint density at radius 1 is 0.947 bits per heavy atom. The number of aromatic nitrogens is 2. The number of hydrogen-bond donors (Lipinski definition) is 1. The minimum Gasteiger partial charge on any atom is -0.355 e. The summed E-state index contributed by atoms with van der Waals surface area (Å²) in [4.78, 5) is 0. The second kappa shape index (κ2) is 4.94. The fourth-order valence-corrected chi connectivity index (χ4v) is 1.88. The molecule has 0 saturated carbocycles. The van der Waals surface area contributed by atoms with Gasteiger partial charge >= 0.3 is 0 Å². The average Bonchev–Trinajstić information content (AvgIpc) is 2.93. The standard InChI is InChI=1S/C15H12FN3/c16-12-4-1-5-13(10-12)18-14-6-2-7-15(11-14)19-9-3-8-17-19/h1-11,18H. The molecule has 2 aromatic carbocycles. The van der Waals surface area contributed by atoms with Crippen molar-refractivity contribution in [3.63, 3.8) is 0 Å². The lowest BCUT2D eigenvalue weighted by Gasteiger charge is -2.08. The molecule has 1 heterocycles. The van der Waals surface area contributed by atoms with Crippen LogP contribution in [0.3, 0.4) is 0 Å². The minimum atomic E-state index is -0.256. The molecule has 3 nitrogen and oxygen atoms in total. The van der Waals surface area contributed by atoms with E-state index in [0.717, 1.165) is 17.1 Å². The molecule has 4 heteroatoms. The summed E-state index contributed by atoms with van der Waals surface area (Å²) in [5, 5.41) is 7.34. The first-order chi connectivity index (χ1) is 9.31. The molecule has 3 rings (SSSR count). The van der Waals surface area contributed by atoms with Crippen LogP contribution >= 0.6 is 0 Å². The van der Waals surface area contributed by atoms with Gasteiger partial charge in [-0.15, -0.1) is 0 Å². The molecule has 0 aliphatic carbocycles. The zero-order valence-corrected chi connectivity index (χ0v) is 10.1. The van der Waals surface area contributed by atoms with Gasteiger partial charge in [0.2, 0.25) is 0 Å².